The monoisotopic (exact) mass is 426 g/mol. The molecular formula is C20H27BrO3S. The Kier molecular flexibility index (Phi) is 7.88. The number of carbonyl (C=O) groups excluding carboxylic acids is 1. The topological polar surface area (TPSA) is 35.5 Å². The van der Waals surface area contributed by atoms with Gasteiger partial charge >= 0.3 is 5.97 Å². The van der Waals surface area contributed by atoms with Crippen molar-refractivity contribution >= 4 is 33.7 Å². The highest BCUT2D eigenvalue weighted by Crippen LogP contribution is 2.40. The SMILES string of the molecule is C/C=C\C1CCC(C)C(SCc2ccc(Br)c(OC)c2C(=O)OC)C1. The van der Waals surface area contributed by atoms with Gasteiger partial charge in [0.25, 0.3) is 0 Å². The van der Waals surface area contributed by atoms with Crippen LogP contribution in [0, 0.1) is 11.8 Å². The predicted molar refractivity (Wildman–Crippen MR) is 108 cm³/mol. The molecule has 1 aromatic carbocycles. The maximum atomic E-state index is 12.3. The van der Waals surface area contributed by atoms with Crippen LogP contribution >= 0.6 is 27.7 Å². The number of benzene rings is 1. The van der Waals surface area contributed by atoms with Crippen molar-refractivity contribution < 1.29 is 14.3 Å². The zero-order valence-electron chi connectivity index (χ0n) is 15.4. The van der Waals surface area contributed by atoms with Crippen LogP contribution in [0.1, 0.15) is 49.0 Å². The minimum absolute atomic E-state index is 0.350. The normalized spacial score (nSPS) is 23.6. The zero-order valence-corrected chi connectivity index (χ0v) is 17.8. The molecule has 25 heavy (non-hydrogen) atoms. The lowest BCUT2D eigenvalue weighted by atomic mass is 9.82. The van der Waals surface area contributed by atoms with E-state index in [4.69, 9.17) is 9.47 Å². The first-order valence-electron chi connectivity index (χ1n) is 8.69. The van der Waals surface area contributed by atoms with Gasteiger partial charge in [0, 0.05) is 11.0 Å². The van der Waals surface area contributed by atoms with Crippen LogP contribution in [0.5, 0.6) is 5.75 Å². The molecule has 3 nitrogen and oxygen atoms in total. The van der Waals surface area contributed by atoms with Gasteiger partial charge in [-0.2, -0.15) is 11.8 Å². The molecule has 1 fully saturated rings. The maximum absolute atomic E-state index is 12.3. The van der Waals surface area contributed by atoms with Gasteiger partial charge in [0.15, 0.2) is 0 Å². The quantitative estimate of drug-likeness (QED) is 0.421. The number of hydrogen-bond donors (Lipinski definition) is 0. The fraction of sp³-hybridized carbons (Fsp3) is 0.550. The lowest BCUT2D eigenvalue weighted by molar-refractivity contribution is 0.0596. The van der Waals surface area contributed by atoms with E-state index in [0.29, 0.717) is 28.4 Å². The van der Waals surface area contributed by atoms with Gasteiger partial charge in [-0.25, -0.2) is 4.79 Å². The van der Waals surface area contributed by atoms with Gasteiger partial charge in [-0.15, -0.1) is 0 Å². The van der Waals surface area contributed by atoms with Crippen molar-refractivity contribution in [2.45, 2.75) is 44.1 Å². The van der Waals surface area contributed by atoms with E-state index in [-0.39, 0.29) is 5.97 Å². The maximum Gasteiger partial charge on any atom is 0.342 e. The number of ether oxygens (including phenoxy) is 2. The second-order valence-corrected chi connectivity index (χ2v) is 8.61. The first-order chi connectivity index (χ1) is 12.0. The molecule has 0 amide bonds. The van der Waals surface area contributed by atoms with Gasteiger partial charge in [-0.1, -0.05) is 25.1 Å². The molecule has 5 heteroatoms. The molecule has 3 unspecified atom stereocenters. The molecule has 0 heterocycles. The van der Waals surface area contributed by atoms with Crippen molar-refractivity contribution in [3.63, 3.8) is 0 Å². The summed E-state index contributed by atoms with van der Waals surface area (Å²) in [7, 11) is 2.98. The number of allylic oxidation sites excluding steroid dienone is 2. The molecular weight excluding hydrogens is 400 g/mol. The molecule has 3 atom stereocenters. The van der Waals surface area contributed by atoms with E-state index in [0.717, 1.165) is 15.8 Å². The van der Waals surface area contributed by atoms with E-state index in [1.54, 1.807) is 7.11 Å². The molecule has 0 radical (unpaired) electrons. The number of halogens is 1. The number of hydrogen-bond acceptors (Lipinski definition) is 4. The standard InChI is InChI=1S/C20H27BrO3S/c1-5-6-14-8-7-13(2)17(11-14)25-12-15-9-10-16(21)19(23-3)18(15)20(22)24-4/h5-6,9-10,13-14,17H,7-8,11-12H2,1-4H3/b6-5-. The van der Waals surface area contributed by atoms with Crippen LogP contribution in [-0.4, -0.2) is 25.4 Å². The fourth-order valence-electron chi connectivity index (χ4n) is 3.43. The van der Waals surface area contributed by atoms with Gasteiger partial charge in [0.05, 0.1) is 18.7 Å². The highest BCUT2D eigenvalue weighted by molar-refractivity contribution is 9.10. The van der Waals surface area contributed by atoms with Crippen LogP contribution in [0.4, 0.5) is 0 Å². The van der Waals surface area contributed by atoms with Gasteiger partial charge < -0.3 is 9.47 Å². The number of methoxy groups -OCH3 is 2. The average Bonchev–Trinajstić information content (AvgIpc) is 2.62. The summed E-state index contributed by atoms with van der Waals surface area (Å²) in [6.45, 7) is 4.43. The molecule has 0 aliphatic heterocycles. The lowest BCUT2D eigenvalue weighted by Crippen LogP contribution is -2.24. The summed E-state index contributed by atoms with van der Waals surface area (Å²) in [5, 5.41) is 0.607. The number of esters is 1. The molecule has 2 rings (SSSR count). The van der Waals surface area contributed by atoms with E-state index in [1.165, 1.54) is 26.4 Å². The third kappa shape index (κ3) is 5.04. The molecule has 0 saturated heterocycles. The van der Waals surface area contributed by atoms with Crippen LogP contribution in [0.25, 0.3) is 0 Å². The van der Waals surface area contributed by atoms with Gasteiger partial charge in [-0.05, 0) is 65.6 Å². The lowest BCUT2D eigenvalue weighted by Gasteiger charge is -2.33. The Morgan fingerprint density at radius 2 is 2.12 bits per heavy atom. The van der Waals surface area contributed by atoms with E-state index >= 15 is 0 Å². The highest BCUT2D eigenvalue weighted by atomic mass is 79.9. The van der Waals surface area contributed by atoms with Crippen LogP contribution in [-0.2, 0) is 10.5 Å². The number of carbonyl (C=O) groups is 1. The third-order valence-electron chi connectivity index (χ3n) is 4.87. The average molecular weight is 427 g/mol. The van der Waals surface area contributed by atoms with Crippen molar-refractivity contribution in [3.05, 3.63) is 39.9 Å². The summed E-state index contributed by atoms with van der Waals surface area (Å²) in [6.07, 6.45) is 8.25. The van der Waals surface area contributed by atoms with E-state index in [1.807, 2.05) is 23.9 Å². The summed E-state index contributed by atoms with van der Waals surface area (Å²) >= 11 is 5.40. The second kappa shape index (κ2) is 9.67. The van der Waals surface area contributed by atoms with Gasteiger partial charge in [0.1, 0.15) is 11.3 Å². The van der Waals surface area contributed by atoms with Crippen molar-refractivity contribution in [2.24, 2.45) is 11.8 Å². The summed E-state index contributed by atoms with van der Waals surface area (Å²) in [4.78, 5) is 12.3. The summed E-state index contributed by atoms with van der Waals surface area (Å²) in [5.41, 5.74) is 1.50. The van der Waals surface area contributed by atoms with Crippen molar-refractivity contribution in [1.82, 2.24) is 0 Å². The Bertz CT molecular complexity index is 630. The molecule has 0 bridgehead atoms. The molecule has 1 saturated carbocycles. The Balaban J connectivity index is 2.18. The summed E-state index contributed by atoms with van der Waals surface area (Å²) in [6, 6.07) is 3.93. The molecule has 1 aliphatic rings. The summed E-state index contributed by atoms with van der Waals surface area (Å²) < 4.78 is 11.2. The molecule has 0 N–H and O–H groups in total. The highest BCUT2D eigenvalue weighted by Gasteiger charge is 2.28. The Labute approximate surface area is 163 Å². The predicted octanol–water partition coefficient (Wildman–Crippen LogP) is 5.86. The van der Waals surface area contributed by atoms with E-state index < -0.39 is 0 Å². The zero-order chi connectivity index (χ0) is 18.4. The van der Waals surface area contributed by atoms with Crippen LogP contribution in [0.15, 0.2) is 28.8 Å². The van der Waals surface area contributed by atoms with Gasteiger partial charge in [0.2, 0.25) is 0 Å². The van der Waals surface area contributed by atoms with Crippen LogP contribution in [0.2, 0.25) is 0 Å². The first kappa shape index (κ1) is 20.4. The van der Waals surface area contributed by atoms with E-state index in [9.17, 15) is 4.79 Å². The van der Waals surface area contributed by atoms with Crippen molar-refractivity contribution in [1.29, 1.82) is 0 Å². The Morgan fingerprint density at radius 3 is 2.76 bits per heavy atom. The minimum atomic E-state index is -0.350. The Hall–Kier alpha value is -0.940. The van der Waals surface area contributed by atoms with E-state index in [2.05, 4.69) is 41.9 Å². The molecule has 138 valence electrons. The molecule has 0 spiro atoms. The third-order valence-corrected chi connectivity index (χ3v) is 7.06. The largest absolute Gasteiger partial charge is 0.495 e. The fourth-order valence-corrected chi connectivity index (χ4v) is 5.41. The van der Waals surface area contributed by atoms with Crippen LogP contribution < -0.4 is 4.74 Å². The second-order valence-electron chi connectivity index (χ2n) is 6.53. The van der Waals surface area contributed by atoms with Crippen LogP contribution in [0.3, 0.4) is 0 Å². The molecule has 0 aromatic heterocycles. The first-order valence-corrected chi connectivity index (χ1v) is 10.5. The minimum Gasteiger partial charge on any atom is -0.495 e. The smallest absolute Gasteiger partial charge is 0.342 e. The molecule has 1 aromatic rings. The van der Waals surface area contributed by atoms with Crippen molar-refractivity contribution in [2.75, 3.05) is 14.2 Å². The Morgan fingerprint density at radius 1 is 1.36 bits per heavy atom. The molecule has 1 aliphatic carbocycles. The van der Waals surface area contributed by atoms with Gasteiger partial charge in [-0.3, -0.25) is 0 Å². The number of rotatable bonds is 6. The summed E-state index contributed by atoms with van der Waals surface area (Å²) in [5.74, 6) is 2.36. The van der Waals surface area contributed by atoms with Crippen molar-refractivity contribution in [3.8, 4) is 5.75 Å². The number of thioether (sulfide) groups is 1.